The van der Waals surface area contributed by atoms with Crippen molar-refractivity contribution in [2.24, 2.45) is 5.92 Å². The molecule has 0 saturated carbocycles. The van der Waals surface area contributed by atoms with Gasteiger partial charge in [-0.15, -0.1) is 0 Å². The average Bonchev–Trinajstić information content (AvgIpc) is 3.06. The molecule has 0 amide bonds. The number of halogens is 3. The van der Waals surface area contributed by atoms with Crippen LogP contribution < -0.4 is 0 Å². The molecule has 2 aromatic rings. The fourth-order valence-corrected chi connectivity index (χ4v) is 3.74. The number of carbonyl (C=O) groups excluding carboxylic acids is 1. The quantitative estimate of drug-likeness (QED) is 0.720. The van der Waals surface area contributed by atoms with Gasteiger partial charge in [-0.25, -0.2) is 0 Å². The molecule has 144 valence electrons. The summed E-state index contributed by atoms with van der Waals surface area (Å²) < 4.78 is 45.6. The Labute approximate surface area is 156 Å². The van der Waals surface area contributed by atoms with Crippen molar-refractivity contribution in [1.82, 2.24) is 4.90 Å². The van der Waals surface area contributed by atoms with E-state index < -0.39 is 29.5 Å². The zero-order valence-corrected chi connectivity index (χ0v) is 15.1. The number of esters is 1. The third-order valence-electron chi connectivity index (χ3n) is 4.90. The van der Waals surface area contributed by atoms with Crippen LogP contribution in [0, 0.1) is 5.92 Å². The summed E-state index contributed by atoms with van der Waals surface area (Å²) in [5.41, 5.74) is 0.550. The van der Waals surface area contributed by atoms with Crippen molar-refractivity contribution in [3.63, 3.8) is 0 Å². The van der Waals surface area contributed by atoms with Crippen LogP contribution in [0.15, 0.2) is 54.6 Å². The molecule has 2 aromatic carbocycles. The Balaban J connectivity index is 1.90. The van der Waals surface area contributed by atoms with Crippen molar-refractivity contribution in [3.8, 4) is 0 Å². The van der Waals surface area contributed by atoms with E-state index in [0.29, 0.717) is 19.6 Å². The fraction of sp³-hybridized carbons (Fsp3) is 0.381. The van der Waals surface area contributed by atoms with Gasteiger partial charge in [0, 0.05) is 25.6 Å². The number of carbonyl (C=O) groups is 1. The van der Waals surface area contributed by atoms with Gasteiger partial charge in [0.25, 0.3) is 0 Å². The highest BCUT2D eigenvalue weighted by Gasteiger charge is 2.43. The Kier molecular flexibility index (Phi) is 5.85. The Bertz CT molecular complexity index is 776. The first-order chi connectivity index (χ1) is 12.9. The molecule has 1 aliphatic rings. The van der Waals surface area contributed by atoms with Crippen LogP contribution in [-0.4, -0.2) is 30.6 Å². The second-order valence-electron chi connectivity index (χ2n) is 6.73. The van der Waals surface area contributed by atoms with E-state index in [1.54, 1.807) is 13.0 Å². The topological polar surface area (TPSA) is 29.5 Å². The van der Waals surface area contributed by atoms with Crippen LogP contribution in [0.2, 0.25) is 0 Å². The van der Waals surface area contributed by atoms with Gasteiger partial charge < -0.3 is 4.74 Å². The highest BCUT2D eigenvalue weighted by molar-refractivity contribution is 5.74. The van der Waals surface area contributed by atoms with Crippen LogP contribution in [0.25, 0.3) is 0 Å². The number of likely N-dealkylation sites (tertiary alicyclic amines) is 1. The van der Waals surface area contributed by atoms with E-state index in [4.69, 9.17) is 4.74 Å². The molecule has 3 nitrogen and oxygen atoms in total. The summed E-state index contributed by atoms with van der Waals surface area (Å²) in [6, 6.07) is 15.2. The number of nitrogens with zero attached hydrogens (tertiary/aromatic N) is 1. The van der Waals surface area contributed by atoms with Crippen LogP contribution >= 0.6 is 0 Å². The molecule has 0 radical (unpaired) electrons. The maximum Gasteiger partial charge on any atom is 0.416 e. The van der Waals surface area contributed by atoms with Crippen molar-refractivity contribution < 1.29 is 22.7 Å². The van der Waals surface area contributed by atoms with Crippen molar-refractivity contribution in [2.45, 2.75) is 25.6 Å². The lowest BCUT2D eigenvalue weighted by atomic mass is 9.86. The summed E-state index contributed by atoms with van der Waals surface area (Å²) in [6.45, 7) is 3.26. The minimum absolute atomic E-state index is 0.165. The molecule has 1 heterocycles. The first-order valence-electron chi connectivity index (χ1n) is 8.99. The van der Waals surface area contributed by atoms with Crippen LogP contribution in [0.4, 0.5) is 13.2 Å². The summed E-state index contributed by atoms with van der Waals surface area (Å²) in [4.78, 5) is 14.5. The number of benzene rings is 2. The summed E-state index contributed by atoms with van der Waals surface area (Å²) in [6.07, 6.45) is -4.46. The van der Waals surface area contributed by atoms with E-state index in [0.717, 1.165) is 11.6 Å². The zero-order valence-electron chi connectivity index (χ0n) is 15.1. The molecule has 2 unspecified atom stereocenters. The van der Waals surface area contributed by atoms with Gasteiger partial charge in [-0.3, -0.25) is 9.69 Å². The van der Waals surface area contributed by atoms with Crippen molar-refractivity contribution in [2.75, 3.05) is 19.7 Å². The smallest absolute Gasteiger partial charge is 0.416 e. The Morgan fingerprint density at radius 3 is 2.41 bits per heavy atom. The number of alkyl halides is 3. The molecule has 0 aliphatic carbocycles. The summed E-state index contributed by atoms with van der Waals surface area (Å²) in [5.74, 6) is -1.60. The Hall–Kier alpha value is -2.34. The lowest BCUT2D eigenvalue weighted by Gasteiger charge is -2.21. The SMILES string of the molecule is CCOC(=O)C1CN(Cc2ccccc2)CC1c1ccccc1C(F)(F)F. The highest BCUT2D eigenvalue weighted by Crippen LogP contribution is 2.41. The van der Waals surface area contributed by atoms with Gasteiger partial charge in [0.15, 0.2) is 0 Å². The molecule has 2 atom stereocenters. The summed E-state index contributed by atoms with van der Waals surface area (Å²) >= 11 is 0. The molecule has 1 aliphatic heterocycles. The molecule has 27 heavy (non-hydrogen) atoms. The lowest BCUT2D eigenvalue weighted by Crippen LogP contribution is -2.26. The zero-order chi connectivity index (χ0) is 19.4. The largest absolute Gasteiger partial charge is 0.466 e. The maximum atomic E-state index is 13.5. The predicted molar refractivity (Wildman–Crippen MR) is 96.0 cm³/mol. The minimum Gasteiger partial charge on any atom is -0.466 e. The molecular formula is C21H22F3NO2. The van der Waals surface area contributed by atoms with Gasteiger partial charge in [-0.05, 0) is 24.1 Å². The van der Waals surface area contributed by atoms with Gasteiger partial charge in [0.2, 0.25) is 0 Å². The lowest BCUT2D eigenvalue weighted by molar-refractivity contribution is -0.148. The molecule has 6 heteroatoms. The molecule has 0 bridgehead atoms. The van der Waals surface area contributed by atoms with Gasteiger partial charge in [0.1, 0.15) is 0 Å². The Morgan fingerprint density at radius 1 is 1.07 bits per heavy atom. The van der Waals surface area contributed by atoms with E-state index in [2.05, 4.69) is 0 Å². The predicted octanol–water partition coefficient (Wildman–Crippen LogP) is 4.48. The molecule has 0 spiro atoms. The van der Waals surface area contributed by atoms with Crippen molar-refractivity contribution >= 4 is 5.97 Å². The van der Waals surface area contributed by atoms with Gasteiger partial charge in [-0.1, -0.05) is 48.5 Å². The standard InChI is InChI=1S/C21H22F3NO2/c1-2-27-20(26)18-14-25(12-15-8-4-3-5-9-15)13-17(18)16-10-6-7-11-19(16)21(22,23)24/h3-11,17-18H,2,12-14H2,1H3. The normalized spacial score (nSPS) is 20.6. The van der Waals surface area contributed by atoms with Gasteiger partial charge >= 0.3 is 12.1 Å². The van der Waals surface area contributed by atoms with Gasteiger partial charge in [-0.2, -0.15) is 13.2 Å². The van der Waals surface area contributed by atoms with Crippen molar-refractivity contribution in [3.05, 3.63) is 71.3 Å². The third-order valence-corrected chi connectivity index (χ3v) is 4.90. The third kappa shape index (κ3) is 4.50. The summed E-state index contributed by atoms with van der Waals surface area (Å²) in [7, 11) is 0. The highest BCUT2D eigenvalue weighted by atomic mass is 19.4. The van der Waals surface area contributed by atoms with Gasteiger partial charge in [0.05, 0.1) is 18.1 Å². The van der Waals surface area contributed by atoms with Crippen LogP contribution in [0.5, 0.6) is 0 Å². The fourth-order valence-electron chi connectivity index (χ4n) is 3.74. The number of ether oxygens (including phenoxy) is 1. The van der Waals surface area contributed by atoms with E-state index in [-0.39, 0.29) is 12.2 Å². The van der Waals surface area contributed by atoms with E-state index >= 15 is 0 Å². The van der Waals surface area contributed by atoms with Crippen LogP contribution in [0.1, 0.15) is 29.5 Å². The molecule has 3 rings (SSSR count). The Morgan fingerprint density at radius 2 is 1.74 bits per heavy atom. The molecule has 0 N–H and O–H groups in total. The number of hydrogen-bond donors (Lipinski definition) is 0. The van der Waals surface area contributed by atoms with Crippen LogP contribution in [0.3, 0.4) is 0 Å². The van der Waals surface area contributed by atoms with E-state index in [9.17, 15) is 18.0 Å². The second-order valence-corrected chi connectivity index (χ2v) is 6.73. The molecule has 1 saturated heterocycles. The molecule has 0 aromatic heterocycles. The van der Waals surface area contributed by atoms with Crippen molar-refractivity contribution in [1.29, 1.82) is 0 Å². The summed E-state index contributed by atoms with van der Waals surface area (Å²) in [5, 5.41) is 0. The molecular weight excluding hydrogens is 355 g/mol. The number of hydrogen-bond acceptors (Lipinski definition) is 3. The average molecular weight is 377 g/mol. The first-order valence-corrected chi connectivity index (χ1v) is 8.99. The molecule has 1 fully saturated rings. The minimum atomic E-state index is -4.46. The monoisotopic (exact) mass is 377 g/mol. The van der Waals surface area contributed by atoms with E-state index in [1.807, 2.05) is 35.2 Å². The second kappa shape index (κ2) is 8.13. The first kappa shape index (κ1) is 19.4. The number of rotatable bonds is 5. The van der Waals surface area contributed by atoms with E-state index in [1.165, 1.54) is 12.1 Å². The maximum absolute atomic E-state index is 13.5. The van der Waals surface area contributed by atoms with Crippen LogP contribution in [-0.2, 0) is 22.3 Å².